The van der Waals surface area contributed by atoms with Crippen molar-refractivity contribution in [3.8, 4) is 0 Å². The number of thiocarbonyl (C=S) groups is 1. The fourth-order valence-electron chi connectivity index (χ4n) is 1.83. The van der Waals surface area contributed by atoms with Crippen molar-refractivity contribution in [2.75, 3.05) is 25.1 Å². The van der Waals surface area contributed by atoms with Crippen molar-refractivity contribution in [3.05, 3.63) is 35.9 Å². The first-order valence-corrected chi connectivity index (χ1v) is 6.06. The lowest BCUT2D eigenvalue weighted by atomic mass is 10.1. The molecule has 4 nitrogen and oxygen atoms in total. The standard InChI is InChI=1S/C13H15N3OS/c1-16(6-7-17)13-10(12(14)18)8-9-4-2-3-5-11(9)15-13/h2-5,8,17H,6-7H2,1H3,(H2,14,18). The number of aromatic nitrogens is 1. The Labute approximate surface area is 111 Å². The molecular weight excluding hydrogens is 246 g/mol. The Hall–Kier alpha value is -1.72. The van der Waals surface area contributed by atoms with Gasteiger partial charge in [0.25, 0.3) is 0 Å². The summed E-state index contributed by atoms with van der Waals surface area (Å²) in [5, 5.41) is 10.0. The molecule has 2 aromatic rings. The van der Waals surface area contributed by atoms with E-state index in [1.165, 1.54) is 0 Å². The lowest BCUT2D eigenvalue weighted by Gasteiger charge is -2.20. The first kappa shape index (κ1) is 12.7. The van der Waals surface area contributed by atoms with Gasteiger partial charge < -0.3 is 15.7 Å². The zero-order valence-corrected chi connectivity index (χ0v) is 10.9. The third kappa shape index (κ3) is 2.42. The van der Waals surface area contributed by atoms with Crippen LogP contribution in [0.3, 0.4) is 0 Å². The molecule has 1 aromatic carbocycles. The maximum absolute atomic E-state index is 9.01. The molecule has 2 rings (SSSR count). The van der Waals surface area contributed by atoms with Crippen LogP contribution in [-0.4, -0.2) is 35.3 Å². The highest BCUT2D eigenvalue weighted by molar-refractivity contribution is 7.80. The van der Waals surface area contributed by atoms with Crippen LogP contribution in [-0.2, 0) is 0 Å². The molecule has 1 heterocycles. The van der Waals surface area contributed by atoms with Crippen molar-refractivity contribution in [2.24, 2.45) is 5.73 Å². The topological polar surface area (TPSA) is 62.4 Å². The van der Waals surface area contributed by atoms with E-state index < -0.39 is 0 Å². The van der Waals surface area contributed by atoms with Crippen LogP contribution in [0.25, 0.3) is 10.9 Å². The Balaban J connectivity index is 2.61. The van der Waals surface area contributed by atoms with E-state index in [-0.39, 0.29) is 6.61 Å². The summed E-state index contributed by atoms with van der Waals surface area (Å²) in [5.41, 5.74) is 7.36. The second kappa shape index (κ2) is 5.29. The third-order valence-corrected chi connectivity index (χ3v) is 2.99. The van der Waals surface area contributed by atoms with E-state index in [2.05, 4.69) is 4.98 Å². The molecule has 0 aliphatic heterocycles. The van der Waals surface area contributed by atoms with Gasteiger partial charge in [0.1, 0.15) is 10.8 Å². The van der Waals surface area contributed by atoms with Crippen LogP contribution in [0.15, 0.2) is 30.3 Å². The van der Waals surface area contributed by atoms with Crippen LogP contribution in [0, 0.1) is 0 Å². The lowest BCUT2D eigenvalue weighted by molar-refractivity contribution is 0.304. The minimum Gasteiger partial charge on any atom is -0.395 e. The second-order valence-corrected chi connectivity index (χ2v) is 4.50. The summed E-state index contributed by atoms with van der Waals surface area (Å²) in [6.07, 6.45) is 0. The van der Waals surface area contributed by atoms with E-state index in [4.69, 9.17) is 23.1 Å². The summed E-state index contributed by atoms with van der Waals surface area (Å²) in [6, 6.07) is 9.73. The van der Waals surface area contributed by atoms with Crippen LogP contribution in [0.2, 0.25) is 0 Å². The van der Waals surface area contributed by atoms with Gasteiger partial charge in [-0.25, -0.2) is 4.98 Å². The molecule has 18 heavy (non-hydrogen) atoms. The summed E-state index contributed by atoms with van der Waals surface area (Å²) >= 11 is 5.06. The number of benzene rings is 1. The van der Waals surface area contributed by atoms with Crippen LogP contribution < -0.4 is 10.6 Å². The van der Waals surface area contributed by atoms with E-state index in [0.717, 1.165) is 16.5 Å². The van der Waals surface area contributed by atoms with Gasteiger partial charge in [-0.05, 0) is 12.1 Å². The van der Waals surface area contributed by atoms with Crippen LogP contribution >= 0.6 is 12.2 Å². The largest absolute Gasteiger partial charge is 0.395 e. The van der Waals surface area contributed by atoms with E-state index in [9.17, 15) is 0 Å². The molecule has 1 aromatic heterocycles. The predicted octanol–water partition coefficient (Wildman–Crippen LogP) is 1.30. The normalized spacial score (nSPS) is 10.6. The number of anilines is 1. The van der Waals surface area contributed by atoms with Crippen LogP contribution in [0.5, 0.6) is 0 Å². The van der Waals surface area contributed by atoms with Gasteiger partial charge in [0.2, 0.25) is 0 Å². The van der Waals surface area contributed by atoms with Gasteiger partial charge in [0.05, 0.1) is 17.7 Å². The molecular formula is C13H15N3OS. The highest BCUT2D eigenvalue weighted by atomic mass is 32.1. The lowest BCUT2D eigenvalue weighted by Crippen LogP contribution is -2.26. The number of rotatable bonds is 4. The maximum Gasteiger partial charge on any atom is 0.139 e. The smallest absolute Gasteiger partial charge is 0.139 e. The number of hydrogen-bond acceptors (Lipinski definition) is 4. The molecule has 0 unspecified atom stereocenters. The Morgan fingerprint density at radius 2 is 2.17 bits per heavy atom. The predicted molar refractivity (Wildman–Crippen MR) is 78.0 cm³/mol. The van der Waals surface area contributed by atoms with Gasteiger partial charge in [0.15, 0.2) is 0 Å². The third-order valence-electron chi connectivity index (χ3n) is 2.77. The number of nitrogens with zero attached hydrogens (tertiary/aromatic N) is 2. The van der Waals surface area contributed by atoms with Gasteiger partial charge in [-0.1, -0.05) is 30.4 Å². The zero-order valence-electron chi connectivity index (χ0n) is 10.1. The maximum atomic E-state index is 9.01. The van der Waals surface area contributed by atoms with Gasteiger partial charge in [0, 0.05) is 19.0 Å². The fourth-order valence-corrected chi connectivity index (χ4v) is 1.98. The first-order chi connectivity index (χ1) is 8.63. The van der Waals surface area contributed by atoms with Gasteiger partial charge in [-0.2, -0.15) is 0 Å². The number of aliphatic hydroxyl groups is 1. The molecule has 0 radical (unpaired) electrons. The van der Waals surface area contributed by atoms with Gasteiger partial charge in [-0.15, -0.1) is 0 Å². The van der Waals surface area contributed by atoms with Gasteiger partial charge >= 0.3 is 0 Å². The number of aliphatic hydroxyl groups excluding tert-OH is 1. The SMILES string of the molecule is CN(CCO)c1nc2ccccc2cc1C(N)=S. The van der Waals surface area contributed by atoms with Crippen molar-refractivity contribution < 1.29 is 5.11 Å². The monoisotopic (exact) mass is 261 g/mol. The van der Waals surface area contributed by atoms with Crippen LogP contribution in [0.4, 0.5) is 5.82 Å². The molecule has 0 atom stereocenters. The Morgan fingerprint density at radius 1 is 1.44 bits per heavy atom. The Bertz CT molecular complexity index is 585. The molecule has 5 heteroatoms. The summed E-state index contributed by atoms with van der Waals surface area (Å²) in [7, 11) is 1.86. The molecule has 0 fully saturated rings. The highest BCUT2D eigenvalue weighted by Gasteiger charge is 2.12. The average molecular weight is 261 g/mol. The number of nitrogens with two attached hydrogens (primary N) is 1. The fraction of sp³-hybridized carbons (Fsp3) is 0.231. The second-order valence-electron chi connectivity index (χ2n) is 4.06. The molecule has 0 aliphatic rings. The molecule has 0 amide bonds. The molecule has 0 saturated carbocycles. The van der Waals surface area contributed by atoms with Crippen molar-refractivity contribution in [1.82, 2.24) is 4.98 Å². The minimum atomic E-state index is 0.0573. The molecule has 0 bridgehead atoms. The van der Waals surface area contributed by atoms with Crippen molar-refractivity contribution >= 4 is 33.9 Å². The molecule has 94 valence electrons. The Kier molecular flexibility index (Phi) is 3.74. The summed E-state index contributed by atoms with van der Waals surface area (Å²) in [5.74, 6) is 0.704. The van der Waals surface area contributed by atoms with E-state index in [0.29, 0.717) is 17.4 Å². The quantitative estimate of drug-likeness (QED) is 0.812. The van der Waals surface area contributed by atoms with E-state index in [1.807, 2.05) is 42.3 Å². The number of likely N-dealkylation sites (N-methyl/N-ethyl adjacent to an activating group) is 1. The summed E-state index contributed by atoms with van der Waals surface area (Å²) in [4.78, 5) is 6.72. The van der Waals surface area contributed by atoms with Crippen LogP contribution in [0.1, 0.15) is 5.56 Å². The van der Waals surface area contributed by atoms with Crippen molar-refractivity contribution in [1.29, 1.82) is 0 Å². The number of para-hydroxylation sites is 1. The Morgan fingerprint density at radius 3 is 2.83 bits per heavy atom. The summed E-state index contributed by atoms with van der Waals surface area (Å²) in [6.45, 7) is 0.544. The van der Waals surface area contributed by atoms with Gasteiger partial charge in [-0.3, -0.25) is 0 Å². The van der Waals surface area contributed by atoms with Crippen molar-refractivity contribution in [3.63, 3.8) is 0 Å². The highest BCUT2D eigenvalue weighted by Crippen LogP contribution is 2.22. The number of hydrogen-bond donors (Lipinski definition) is 2. The molecule has 3 N–H and O–H groups in total. The number of fused-ring (bicyclic) bond motifs is 1. The zero-order chi connectivity index (χ0) is 13.1. The summed E-state index contributed by atoms with van der Waals surface area (Å²) < 4.78 is 0. The van der Waals surface area contributed by atoms with E-state index in [1.54, 1.807) is 0 Å². The minimum absolute atomic E-state index is 0.0573. The van der Waals surface area contributed by atoms with Crippen molar-refractivity contribution in [2.45, 2.75) is 0 Å². The average Bonchev–Trinajstić information content (AvgIpc) is 2.37. The molecule has 0 saturated heterocycles. The molecule has 0 spiro atoms. The van der Waals surface area contributed by atoms with E-state index >= 15 is 0 Å². The molecule has 0 aliphatic carbocycles. The number of pyridine rings is 1. The first-order valence-electron chi connectivity index (χ1n) is 5.65.